The van der Waals surface area contributed by atoms with Crippen molar-refractivity contribution in [1.29, 1.82) is 0 Å². The minimum Gasteiger partial charge on any atom is -0.327 e. The van der Waals surface area contributed by atoms with Gasteiger partial charge >= 0.3 is 0 Å². The van der Waals surface area contributed by atoms with Crippen LogP contribution in [-0.4, -0.2) is 6.04 Å². The number of halogens is 2. The highest BCUT2D eigenvalue weighted by atomic mass is 35.5. The Kier molecular flexibility index (Phi) is 4.52. The van der Waals surface area contributed by atoms with Crippen LogP contribution in [-0.2, 0) is 6.42 Å². The molecule has 1 atom stereocenters. The van der Waals surface area contributed by atoms with Gasteiger partial charge in [0, 0.05) is 6.04 Å². The van der Waals surface area contributed by atoms with Crippen LogP contribution in [0.15, 0.2) is 18.2 Å². The van der Waals surface area contributed by atoms with Gasteiger partial charge in [-0.1, -0.05) is 37.6 Å². The molecule has 0 aromatic heterocycles. The second-order valence-corrected chi connectivity index (χ2v) is 6.96. The van der Waals surface area contributed by atoms with Crippen molar-refractivity contribution in [2.24, 2.45) is 17.1 Å². The second-order valence-electron chi connectivity index (χ2n) is 6.58. The van der Waals surface area contributed by atoms with Crippen molar-refractivity contribution in [2.45, 2.75) is 52.0 Å². The van der Waals surface area contributed by atoms with E-state index in [2.05, 4.69) is 13.8 Å². The molecule has 2 rings (SSSR count). The Morgan fingerprint density at radius 1 is 1.37 bits per heavy atom. The van der Waals surface area contributed by atoms with Crippen LogP contribution in [0.25, 0.3) is 0 Å². The lowest BCUT2D eigenvalue weighted by molar-refractivity contribution is 0.173. The first kappa shape index (κ1) is 14.8. The summed E-state index contributed by atoms with van der Waals surface area (Å²) in [6, 6.07) is 5.04. The van der Waals surface area contributed by atoms with Crippen LogP contribution in [0, 0.1) is 17.2 Å². The molecular formula is C16H23ClFN. The minimum atomic E-state index is -0.351. The average molecular weight is 284 g/mol. The van der Waals surface area contributed by atoms with Crippen molar-refractivity contribution in [3.8, 4) is 0 Å². The molecule has 1 unspecified atom stereocenters. The van der Waals surface area contributed by atoms with Crippen molar-refractivity contribution in [1.82, 2.24) is 0 Å². The fourth-order valence-corrected chi connectivity index (χ4v) is 3.18. The maximum Gasteiger partial charge on any atom is 0.142 e. The molecule has 106 valence electrons. The first-order chi connectivity index (χ1) is 8.89. The zero-order valence-electron chi connectivity index (χ0n) is 11.8. The van der Waals surface area contributed by atoms with E-state index in [4.69, 9.17) is 17.3 Å². The fraction of sp³-hybridized carbons (Fsp3) is 0.625. The highest BCUT2D eigenvalue weighted by molar-refractivity contribution is 6.31. The first-order valence-electron chi connectivity index (χ1n) is 7.07. The molecule has 1 saturated carbocycles. The zero-order chi connectivity index (χ0) is 14.0. The fourth-order valence-electron chi connectivity index (χ4n) is 2.98. The minimum absolute atomic E-state index is 0.0791. The Morgan fingerprint density at radius 3 is 2.63 bits per heavy atom. The molecule has 1 aromatic rings. The molecule has 0 aliphatic heterocycles. The van der Waals surface area contributed by atoms with Gasteiger partial charge in [-0.25, -0.2) is 4.39 Å². The van der Waals surface area contributed by atoms with E-state index in [1.54, 1.807) is 6.07 Å². The lowest BCUT2D eigenvalue weighted by atomic mass is 9.70. The number of hydrogen-bond donors (Lipinski definition) is 1. The second kappa shape index (κ2) is 5.80. The van der Waals surface area contributed by atoms with Crippen molar-refractivity contribution in [3.05, 3.63) is 34.6 Å². The molecule has 0 bridgehead atoms. The van der Waals surface area contributed by atoms with Gasteiger partial charge in [0.2, 0.25) is 0 Å². The summed E-state index contributed by atoms with van der Waals surface area (Å²) >= 11 is 5.99. The molecule has 0 spiro atoms. The monoisotopic (exact) mass is 283 g/mol. The topological polar surface area (TPSA) is 26.0 Å². The van der Waals surface area contributed by atoms with E-state index in [-0.39, 0.29) is 16.9 Å². The molecule has 0 heterocycles. The van der Waals surface area contributed by atoms with Gasteiger partial charge in [-0.3, -0.25) is 0 Å². The molecule has 3 heteroatoms. The molecule has 1 aliphatic rings. The van der Waals surface area contributed by atoms with E-state index >= 15 is 0 Å². The van der Waals surface area contributed by atoms with Gasteiger partial charge in [-0.2, -0.15) is 0 Å². The highest BCUT2D eigenvalue weighted by Crippen LogP contribution is 2.39. The van der Waals surface area contributed by atoms with Crippen LogP contribution in [0.5, 0.6) is 0 Å². The summed E-state index contributed by atoms with van der Waals surface area (Å²) in [5.74, 6) is 0.184. The van der Waals surface area contributed by atoms with E-state index < -0.39 is 0 Å². The van der Waals surface area contributed by atoms with Crippen LogP contribution in [0.1, 0.15) is 45.1 Å². The average Bonchev–Trinajstić information content (AvgIpc) is 2.35. The number of hydrogen-bond acceptors (Lipinski definition) is 1. The molecule has 2 N–H and O–H groups in total. The molecule has 19 heavy (non-hydrogen) atoms. The van der Waals surface area contributed by atoms with Crippen LogP contribution < -0.4 is 5.73 Å². The van der Waals surface area contributed by atoms with E-state index in [1.807, 2.05) is 6.07 Å². The Morgan fingerprint density at radius 2 is 2.00 bits per heavy atom. The maximum absolute atomic E-state index is 13.4. The number of rotatable bonds is 3. The Labute approximate surface area is 120 Å². The lowest BCUT2D eigenvalue weighted by Gasteiger charge is -2.37. The molecule has 1 nitrogen and oxygen atoms in total. The summed E-state index contributed by atoms with van der Waals surface area (Å²) in [4.78, 5) is 0. The van der Waals surface area contributed by atoms with Crippen molar-refractivity contribution in [2.75, 3.05) is 0 Å². The Hall–Kier alpha value is -0.600. The molecule has 0 saturated heterocycles. The van der Waals surface area contributed by atoms with Crippen molar-refractivity contribution in [3.63, 3.8) is 0 Å². The Balaban J connectivity index is 1.98. The number of benzene rings is 1. The molecule has 0 amide bonds. The smallest absolute Gasteiger partial charge is 0.142 e. The van der Waals surface area contributed by atoms with E-state index in [1.165, 1.54) is 31.7 Å². The van der Waals surface area contributed by atoms with Gasteiger partial charge < -0.3 is 5.73 Å². The maximum atomic E-state index is 13.4. The summed E-state index contributed by atoms with van der Waals surface area (Å²) in [6.45, 7) is 4.64. The van der Waals surface area contributed by atoms with Crippen LogP contribution in [0.3, 0.4) is 0 Å². The summed E-state index contributed by atoms with van der Waals surface area (Å²) in [6.07, 6.45) is 5.45. The third-order valence-electron chi connectivity index (χ3n) is 4.48. The number of nitrogens with two attached hydrogens (primary N) is 1. The van der Waals surface area contributed by atoms with Crippen LogP contribution in [0.4, 0.5) is 4.39 Å². The Bertz CT molecular complexity index is 434. The quantitative estimate of drug-likeness (QED) is 0.864. The summed E-state index contributed by atoms with van der Waals surface area (Å²) in [7, 11) is 0. The van der Waals surface area contributed by atoms with E-state index in [0.29, 0.717) is 17.8 Å². The predicted octanol–water partition coefficient (Wildman–Crippen LogP) is 4.57. The third-order valence-corrected chi connectivity index (χ3v) is 4.90. The van der Waals surface area contributed by atoms with Gasteiger partial charge in [-0.05, 0) is 55.1 Å². The van der Waals surface area contributed by atoms with Crippen LogP contribution >= 0.6 is 11.6 Å². The zero-order valence-corrected chi connectivity index (χ0v) is 12.5. The van der Waals surface area contributed by atoms with Gasteiger partial charge in [-0.15, -0.1) is 0 Å². The van der Waals surface area contributed by atoms with Gasteiger partial charge in [0.05, 0.1) is 5.02 Å². The van der Waals surface area contributed by atoms with E-state index in [0.717, 1.165) is 5.56 Å². The van der Waals surface area contributed by atoms with E-state index in [9.17, 15) is 4.39 Å². The van der Waals surface area contributed by atoms with Crippen LogP contribution in [0.2, 0.25) is 5.02 Å². The summed E-state index contributed by atoms with van der Waals surface area (Å²) in [5.41, 5.74) is 7.59. The normalized spacial score (nSPS) is 21.3. The lowest BCUT2D eigenvalue weighted by Crippen LogP contribution is -2.36. The van der Waals surface area contributed by atoms with Gasteiger partial charge in [0.15, 0.2) is 0 Å². The summed E-state index contributed by atoms with van der Waals surface area (Å²) < 4.78 is 13.4. The van der Waals surface area contributed by atoms with Crippen molar-refractivity contribution >= 4 is 11.6 Å². The van der Waals surface area contributed by atoms with Gasteiger partial charge in [0.25, 0.3) is 0 Å². The predicted molar refractivity (Wildman–Crippen MR) is 78.8 cm³/mol. The molecule has 1 aromatic carbocycles. The molecule has 0 radical (unpaired) electrons. The standard InChI is InChI=1S/C16H23ClFN/c1-16(2)8-6-11(7-9-16)14(19)10-12-4-3-5-13(18)15(12)17/h3-5,11,14H,6-10,19H2,1-2H3. The highest BCUT2D eigenvalue weighted by Gasteiger charge is 2.30. The third kappa shape index (κ3) is 3.70. The van der Waals surface area contributed by atoms with Gasteiger partial charge in [0.1, 0.15) is 5.82 Å². The molecular weight excluding hydrogens is 261 g/mol. The first-order valence-corrected chi connectivity index (χ1v) is 7.45. The van der Waals surface area contributed by atoms with Crippen molar-refractivity contribution < 1.29 is 4.39 Å². The molecule has 1 fully saturated rings. The SMILES string of the molecule is CC1(C)CCC(C(N)Cc2cccc(F)c2Cl)CC1. The largest absolute Gasteiger partial charge is 0.327 e. The summed E-state index contributed by atoms with van der Waals surface area (Å²) in [5, 5.41) is 0.231. The molecule has 1 aliphatic carbocycles.